The van der Waals surface area contributed by atoms with Crippen LogP contribution in [0.15, 0.2) is 24.3 Å². The van der Waals surface area contributed by atoms with Crippen LogP contribution in [0.1, 0.15) is 12.8 Å². The summed E-state index contributed by atoms with van der Waals surface area (Å²) in [5.41, 5.74) is 6.92. The van der Waals surface area contributed by atoms with Gasteiger partial charge in [0, 0.05) is 24.8 Å². The number of hydrogen-bond donors (Lipinski definition) is 1. The Morgan fingerprint density at radius 3 is 2.33 bits per heavy atom. The molecule has 0 saturated carbocycles. The molecule has 118 valence electrons. The molecule has 1 aromatic rings. The van der Waals surface area contributed by atoms with Gasteiger partial charge in [0.2, 0.25) is 0 Å². The van der Waals surface area contributed by atoms with Gasteiger partial charge in [0.25, 0.3) is 0 Å². The molecule has 7 heteroatoms. The minimum Gasteiger partial charge on any atom is -0.468 e. The Morgan fingerprint density at radius 2 is 1.76 bits per heavy atom. The second-order valence-electron chi connectivity index (χ2n) is 5.04. The van der Waals surface area contributed by atoms with Crippen LogP contribution in [0.4, 0.5) is 18.9 Å². The van der Waals surface area contributed by atoms with Crippen LogP contribution in [-0.2, 0) is 4.74 Å². The predicted molar refractivity (Wildman–Crippen MR) is 73.4 cm³/mol. The molecule has 0 atom stereocenters. The van der Waals surface area contributed by atoms with E-state index in [1.54, 1.807) is 12.1 Å². The molecule has 1 heterocycles. The lowest BCUT2D eigenvalue weighted by Gasteiger charge is -2.32. The fraction of sp³-hybridized carbons (Fsp3) is 0.571. The van der Waals surface area contributed by atoms with Crippen LogP contribution < -0.4 is 15.4 Å². The molecule has 1 saturated heterocycles. The fourth-order valence-electron chi connectivity index (χ4n) is 2.18. The topological polar surface area (TPSA) is 47.7 Å². The molecule has 0 unspecified atom stereocenters. The second-order valence-corrected chi connectivity index (χ2v) is 5.04. The van der Waals surface area contributed by atoms with E-state index in [1.165, 1.54) is 0 Å². The molecule has 1 aliphatic rings. The fourth-order valence-corrected chi connectivity index (χ4v) is 2.18. The van der Waals surface area contributed by atoms with Gasteiger partial charge in [-0.25, -0.2) is 0 Å². The summed E-state index contributed by atoms with van der Waals surface area (Å²) in [7, 11) is 0. The highest BCUT2D eigenvalue weighted by Crippen LogP contribution is 2.22. The minimum absolute atomic E-state index is 0.273. The number of ether oxygens (including phenoxy) is 2. The Bertz CT molecular complexity index is 429. The second kappa shape index (κ2) is 7.00. The van der Waals surface area contributed by atoms with E-state index in [9.17, 15) is 13.2 Å². The van der Waals surface area contributed by atoms with E-state index < -0.39 is 19.6 Å². The van der Waals surface area contributed by atoms with Crippen molar-refractivity contribution >= 4 is 5.69 Å². The molecule has 4 nitrogen and oxygen atoms in total. The SMILES string of the molecule is NC1CCN(c2ccc(OCOCC(F)(F)F)cc2)CC1. The van der Waals surface area contributed by atoms with E-state index >= 15 is 0 Å². The van der Waals surface area contributed by atoms with Crippen molar-refractivity contribution in [3.63, 3.8) is 0 Å². The largest absolute Gasteiger partial charge is 0.468 e. The molecule has 0 amide bonds. The zero-order valence-corrected chi connectivity index (χ0v) is 11.6. The first-order chi connectivity index (χ1) is 9.94. The molecule has 21 heavy (non-hydrogen) atoms. The molecule has 0 spiro atoms. The minimum atomic E-state index is -4.33. The summed E-state index contributed by atoms with van der Waals surface area (Å²) in [6, 6.07) is 7.49. The van der Waals surface area contributed by atoms with E-state index in [4.69, 9.17) is 10.5 Å². The molecule has 0 radical (unpaired) electrons. The van der Waals surface area contributed by atoms with E-state index in [2.05, 4.69) is 9.64 Å². The highest BCUT2D eigenvalue weighted by atomic mass is 19.4. The zero-order chi connectivity index (χ0) is 15.3. The Labute approximate surface area is 121 Å². The summed E-state index contributed by atoms with van der Waals surface area (Å²) in [6.45, 7) is 0.0999. The Hall–Kier alpha value is -1.47. The van der Waals surface area contributed by atoms with Gasteiger partial charge in [-0.1, -0.05) is 0 Å². The lowest BCUT2D eigenvalue weighted by atomic mass is 10.1. The van der Waals surface area contributed by atoms with Gasteiger partial charge in [0.1, 0.15) is 12.4 Å². The quantitative estimate of drug-likeness (QED) is 0.671. The number of alkyl halides is 3. The molecule has 1 aliphatic heterocycles. The Kier molecular flexibility index (Phi) is 5.30. The normalized spacial score (nSPS) is 17.0. The first-order valence-corrected chi connectivity index (χ1v) is 6.82. The number of hydrogen-bond acceptors (Lipinski definition) is 4. The van der Waals surface area contributed by atoms with Crippen molar-refractivity contribution in [1.82, 2.24) is 0 Å². The molecule has 1 fully saturated rings. The van der Waals surface area contributed by atoms with Gasteiger partial charge >= 0.3 is 6.18 Å². The van der Waals surface area contributed by atoms with Crippen molar-refractivity contribution in [2.45, 2.75) is 25.1 Å². The molecule has 1 aromatic carbocycles. The monoisotopic (exact) mass is 304 g/mol. The lowest BCUT2D eigenvalue weighted by Crippen LogP contribution is -2.39. The summed E-state index contributed by atoms with van der Waals surface area (Å²) in [6.07, 6.45) is -2.41. The Balaban J connectivity index is 1.77. The van der Waals surface area contributed by atoms with Gasteiger partial charge in [-0.15, -0.1) is 0 Å². The van der Waals surface area contributed by atoms with Crippen molar-refractivity contribution in [1.29, 1.82) is 0 Å². The lowest BCUT2D eigenvalue weighted by molar-refractivity contribution is -0.186. The third-order valence-electron chi connectivity index (χ3n) is 3.32. The zero-order valence-electron chi connectivity index (χ0n) is 11.6. The smallest absolute Gasteiger partial charge is 0.411 e. The highest BCUT2D eigenvalue weighted by Gasteiger charge is 2.27. The molecule has 0 aliphatic carbocycles. The summed E-state index contributed by atoms with van der Waals surface area (Å²) in [5, 5.41) is 0. The molecule has 0 bridgehead atoms. The van der Waals surface area contributed by atoms with Crippen molar-refractivity contribution in [2.75, 3.05) is 31.4 Å². The summed E-state index contributed by atoms with van der Waals surface area (Å²) < 4.78 is 45.1. The van der Waals surface area contributed by atoms with Gasteiger partial charge in [0.15, 0.2) is 6.79 Å². The number of rotatable bonds is 5. The third kappa shape index (κ3) is 5.43. The van der Waals surface area contributed by atoms with Crippen LogP contribution in [0, 0.1) is 0 Å². The van der Waals surface area contributed by atoms with E-state index in [1.807, 2.05) is 12.1 Å². The van der Waals surface area contributed by atoms with Gasteiger partial charge < -0.3 is 20.1 Å². The van der Waals surface area contributed by atoms with Gasteiger partial charge in [-0.3, -0.25) is 0 Å². The van der Waals surface area contributed by atoms with Crippen molar-refractivity contribution in [3.05, 3.63) is 24.3 Å². The maximum Gasteiger partial charge on any atom is 0.411 e. The average molecular weight is 304 g/mol. The number of halogens is 3. The summed E-state index contributed by atoms with van der Waals surface area (Å²) >= 11 is 0. The number of nitrogens with two attached hydrogens (primary N) is 1. The van der Waals surface area contributed by atoms with Crippen LogP contribution in [-0.4, -0.2) is 38.7 Å². The Morgan fingerprint density at radius 1 is 1.14 bits per heavy atom. The number of nitrogens with zero attached hydrogens (tertiary/aromatic N) is 1. The molecular weight excluding hydrogens is 285 g/mol. The standard InChI is InChI=1S/C14H19F3N2O2/c15-14(16,17)9-20-10-21-13-3-1-12(2-4-13)19-7-5-11(18)6-8-19/h1-4,11H,5-10,18H2. The average Bonchev–Trinajstić information content (AvgIpc) is 2.44. The highest BCUT2D eigenvalue weighted by molar-refractivity contribution is 5.49. The van der Waals surface area contributed by atoms with Crippen molar-refractivity contribution in [2.24, 2.45) is 5.73 Å². The predicted octanol–water partition coefficient (Wildman–Crippen LogP) is 2.53. The summed E-state index contributed by atoms with van der Waals surface area (Å²) in [5.74, 6) is 0.481. The van der Waals surface area contributed by atoms with Gasteiger partial charge in [-0.2, -0.15) is 13.2 Å². The molecule has 2 N–H and O–H groups in total. The van der Waals surface area contributed by atoms with Crippen LogP contribution in [0.5, 0.6) is 5.75 Å². The third-order valence-corrected chi connectivity index (χ3v) is 3.32. The van der Waals surface area contributed by atoms with Crippen molar-refractivity contribution in [3.8, 4) is 5.75 Å². The van der Waals surface area contributed by atoms with Gasteiger partial charge in [-0.05, 0) is 37.1 Å². The van der Waals surface area contributed by atoms with Crippen LogP contribution in [0.3, 0.4) is 0 Å². The van der Waals surface area contributed by atoms with Crippen LogP contribution >= 0.6 is 0 Å². The number of piperidine rings is 1. The first kappa shape index (κ1) is 15.9. The van der Waals surface area contributed by atoms with E-state index in [0.717, 1.165) is 31.6 Å². The van der Waals surface area contributed by atoms with E-state index in [-0.39, 0.29) is 6.04 Å². The van der Waals surface area contributed by atoms with Gasteiger partial charge in [0.05, 0.1) is 0 Å². The van der Waals surface area contributed by atoms with E-state index in [0.29, 0.717) is 5.75 Å². The summed E-state index contributed by atoms with van der Waals surface area (Å²) in [4.78, 5) is 2.23. The molecule has 0 aromatic heterocycles. The van der Waals surface area contributed by atoms with Crippen molar-refractivity contribution < 1.29 is 22.6 Å². The maximum atomic E-state index is 11.9. The maximum absolute atomic E-state index is 11.9. The first-order valence-electron chi connectivity index (χ1n) is 6.82. The number of benzene rings is 1. The molecule has 2 rings (SSSR count). The number of anilines is 1. The van der Waals surface area contributed by atoms with Crippen LogP contribution in [0.2, 0.25) is 0 Å². The van der Waals surface area contributed by atoms with Crippen LogP contribution in [0.25, 0.3) is 0 Å². The molecular formula is C14H19F3N2O2.